The highest BCUT2D eigenvalue weighted by Crippen LogP contribution is 2.58. The Morgan fingerprint density at radius 1 is 1.17 bits per heavy atom. The fraction of sp³-hybridized carbons (Fsp3) is 0.379. The van der Waals surface area contributed by atoms with Crippen LogP contribution in [0.1, 0.15) is 44.6 Å². The normalized spacial score (nSPS) is 31.4. The van der Waals surface area contributed by atoms with E-state index in [1.807, 2.05) is 30.5 Å². The van der Waals surface area contributed by atoms with E-state index < -0.39 is 0 Å². The topological polar surface area (TPSA) is 85.4 Å². The van der Waals surface area contributed by atoms with Crippen LogP contribution in [-0.2, 0) is 19.1 Å². The second kappa shape index (κ2) is 8.01. The molecule has 4 aliphatic rings. The van der Waals surface area contributed by atoms with E-state index in [9.17, 15) is 14.4 Å². The number of pyridine rings is 1. The van der Waals surface area contributed by atoms with Crippen LogP contribution >= 0.6 is 0 Å². The number of hydrogen-bond acceptors (Lipinski definition) is 5. The zero-order valence-corrected chi connectivity index (χ0v) is 19.9. The maximum atomic E-state index is 13.5. The average molecular weight is 469 g/mol. The number of nitrogens with one attached hydrogen (secondary N) is 1. The fourth-order valence-corrected chi connectivity index (χ4v) is 6.48. The second-order valence-electron chi connectivity index (χ2n) is 10.5. The van der Waals surface area contributed by atoms with Gasteiger partial charge < -0.3 is 10.1 Å². The van der Waals surface area contributed by atoms with Gasteiger partial charge in [0, 0.05) is 61.8 Å². The van der Waals surface area contributed by atoms with E-state index >= 15 is 0 Å². The lowest BCUT2D eigenvalue weighted by Crippen LogP contribution is -2.42. The first-order valence-electron chi connectivity index (χ1n) is 12.3. The highest BCUT2D eigenvalue weighted by molar-refractivity contribution is 6.00. The number of carbonyl (C=O) groups excluding carboxylic acids is 3. The van der Waals surface area contributed by atoms with E-state index in [4.69, 9.17) is 4.74 Å². The van der Waals surface area contributed by atoms with Gasteiger partial charge in [-0.1, -0.05) is 37.3 Å². The number of ether oxygens (including phenoxy) is 1. The van der Waals surface area contributed by atoms with Crippen molar-refractivity contribution in [2.75, 3.05) is 6.54 Å². The Hall–Kier alpha value is -3.54. The Balaban J connectivity index is 1.32. The predicted molar refractivity (Wildman–Crippen MR) is 131 cm³/mol. The zero-order chi connectivity index (χ0) is 24.3. The van der Waals surface area contributed by atoms with Crippen molar-refractivity contribution in [3.63, 3.8) is 0 Å². The fourth-order valence-electron chi connectivity index (χ4n) is 6.48. The standard InChI is InChI=1S/C29H28N2O4/c1-16(32)31-14-17-9-24(33)22-12-20-5-7-29(2)23(28(20)35-26(22)10-17)13-25(34)27(29)19-3-4-21-15-30-8-6-18(21)11-19/h3-8,11-12,15,17,23,27-28H,9-10,13-14H2,1-2H3,(H,31,32)/t17?,23-,27-,28+,29-/m0/s1. The first-order valence-corrected chi connectivity index (χ1v) is 12.3. The van der Waals surface area contributed by atoms with Crippen LogP contribution in [0.2, 0.25) is 0 Å². The Labute approximate surface area is 204 Å². The van der Waals surface area contributed by atoms with Crippen molar-refractivity contribution in [2.24, 2.45) is 17.3 Å². The number of hydrogen-bond donors (Lipinski definition) is 1. The molecule has 6 rings (SSSR count). The number of allylic oxidation sites excluding steroid dienone is 4. The van der Waals surface area contributed by atoms with E-state index in [2.05, 4.69) is 35.4 Å². The lowest BCUT2D eigenvalue weighted by Gasteiger charge is -2.44. The molecule has 1 unspecified atom stereocenters. The summed E-state index contributed by atoms with van der Waals surface area (Å²) in [5.41, 5.74) is 2.26. The van der Waals surface area contributed by atoms with Crippen molar-refractivity contribution in [1.29, 1.82) is 0 Å². The van der Waals surface area contributed by atoms with Crippen molar-refractivity contribution < 1.29 is 19.1 Å². The third kappa shape index (κ3) is 3.54. The van der Waals surface area contributed by atoms with Gasteiger partial charge in [-0.25, -0.2) is 0 Å². The minimum Gasteiger partial charge on any atom is -0.489 e. The van der Waals surface area contributed by atoms with E-state index in [1.165, 1.54) is 6.92 Å². The molecule has 0 saturated heterocycles. The molecule has 0 radical (unpaired) electrons. The Kier molecular flexibility index (Phi) is 5.02. The number of benzene rings is 1. The van der Waals surface area contributed by atoms with Gasteiger partial charge in [0.2, 0.25) is 5.91 Å². The average Bonchev–Trinajstić information content (AvgIpc) is 3.12. The minimum atomic E-state index is -0.383. The second-order valence-corrected chi connectivity index (χ2v) is 10.5. The third-order valence-electron chi connectivity index (χ3n) is 8.26. The number of carbonyl (C=O) groups is 3. The van der Waals surface area contributed by atoms with Crippen molar-refractivity contribution in [3.8, 4) is 0 Å². The molecule has 0 spiro atoms. The summed E-state index contributed by atoms with van der Waals surface area (Å²) in [6.07, 6.45) is 11.0. The number of Topliss-reactive ketones (excluding diaryl/α,β-unsaturated/α-hetero) is 2. The summed E-state index contributed by atoms with van der Waals surface area (Å²) in [6, 6.07) is 8.18. The molecule has 1 amide bonds. The largest absolute Gasteiger partial charge is 0.489 e. The predicted octanol–water partition coefficient (Wildman–Crippen LogP) is 4.18. The number of nitrogens with zero attached hydrogens (tertiary/aromatic N) is 1. The molecule has 35 heavy (non-hydrogen) atoms. The van der Waals surface area contributed by atoms with Gasteiger partial charge in [-0.15, -0.1) is 0 Å². The smallest absolute Gasteiger partial charge is 0.216 e. The SMILES string of the molecule is CC(=O)NCC1CC(=O)C2=C(C1)O[C@@H]1C(=C2)C=C[C@]2(C)[C@@H](c3ccc4cnccc4c3)C(=O)C[C@@H]12. The molecule has 1 saturated carbocycles. The van der Waals surface area contributed by atoms with Crippen LogP contribution < -0.4 is 5.32 Å². The third-order valence-corrected chi connectivity index (χ3v) is 8.26. The van der Waals surface area contributed by atoms with Gasteiger partial charge >= 0.3 is 0 Å². The number of rotatable bonds is 3. The van der Waals surface area contributed by atoms with Crippen LogP contribution in [0.15, 0.2) is 71.8 Å². The molecule has 1 aromatic heterocycles. The summed E-state index contributed by atoms with van der Waals surface area (Å²) < 4.78 is 6.55. The van der Waals surface area contributed by atoms with E-state index in [0.717, 1.165) is 21.9 Å². The van der Waals surface area contributed by atoms with E-state index in [-0.39, 0.29) is 46.7 Å². The molecule has 0 bridgehead atoms. The summed E-state index contributed by atoms with van der Waals surface area (Å²) in [4.78, 5) is 41.9. The van der Waals surface area contributed by atoms with Crippen LogP contribution in [0.25, 0.3) is 10.8 Å². The van der Waals surface area contributed by atoms with Gasteiger partial charge in [0.15, 0.2) is 5.78 Å². The summed E-state index contributed by atoms with van der Waals surface area (Å²) in [5.74, 6) is 0.653. The van der Waals surface area contributed by atoms with Crippen molar-refractivity contribution in [1.82, 2.24) is 10.3 Å². The zero-order valence-electron chi connectivity index (χ0n) is 19.9. The maximum Gasteiger partial charge on any atom is 0.216 e. The Morgan fingerprint density at radius 3 is 2.86 bits per heavy atom. The molecule has 2 aromatic rings. The minimum absolute atomic E-state index is 0.00994. The van der Waals surface area contributed by atoms with Crippen molar-refractivity contribution in [3.05, 3.63) is 77.4 Å². The molecule has 178 valence electrons. The monoisotopic (exact) mass is 468 g/mol. The van der Waals surface area contributed by atoms with Gasteiger partial charge in [-0.2, -0.15) is 0 Å². The van der Waals surface area contributed by atoms with Crippen molar-refractivity contribution in [2.45, 2.75) is 45.1 Å². The highest BCUT2D eigenvalue weighted by Gasteiger charge is 2.57. The van der Waals surface area contributed by atoms with Gasteiger partial charge in [-0.05, 0) is 34.6 Å². The molecule has 1 aromatic carbocycles. The van der Waals surface area contributed by atoms with Crippen LogP contribution in [0, 0.1) is 17.3 Å². The number of amides is 1. The summed E-state index contributed by atoms with van der Waals surface area (Å²) in [6.45, 7) is 4.11. The van der Waals surface area contributed by atoms with Gasteiger partial charge in [0.25, 0.3) is 0 Å². The number of ketones is 2. The molecule has 1 fully saturated rings. The van der Waals surface area contributed by atoms with Crippen LogP contribution in [0.3, 0.4) is 0 Å². The molecule has 5 atom stereocenters. The Morgan fingerprint density at radius 2 is 2.03 bits per heavy atom. The maximum absolute atomic E-state index is 13.5. The summed E-state index contributed by atoms with van der Waals surface area (Å²) in [7, 11) is 0. The van der Waals surface area contributed by atoms with Crippen LogP contribution in [0.5, 0.6) is 0 Å². The van der Waals surface area contributed by atoms with Gasteiger partial charge in [0.1, 0.15) is 17.6 Å². The first kappa shape index (κ1) is 22.0. The lowest BCUT2D eigenvalue weighted by molar-refractivity contribution is -0.120. The number of aromatic nitrogens is 1. The molecule has 6 heteroatoms. The number of fused-ring (bicyclic) bond motifs is 4. The van der Waals surface area contributed by atoms with Gasteiger partial charge in [-0.3, -0.25) is 19.4 Å². The van der Waals surface area contributed by atoms with Gasteiger partial charge in [0.05, 0.1) is 11.5 Å². The highest BCUT2D eigenvalue weighted by atomic mass is 16.5. The molecule has 1 N–H and O–H groups in total. The van der Waals surface area contributed by atoms with Crippen LogP contribution in [0.4, 0.5) is 0 Å². The van der Waals surface area contributed by atoms with E-state index in [0.29, 0.717) is 37.1 Å². The first-order chi connectivity index (χ1) is 16.8. The molecular weight excluding hydrogens is 440 g/mol. The quantitative estimate of drug-likeness (QED) is 0.731. The molecule has 2 heterocycles. The lowest BCUT2D eigenvalue weighted by atomic mass is 9.64. The summed E-state index contributed by atoms with van der Waals surface area (Å²) in [5, 5.41) is 4.96. The Bertz CT molecular complexity index is 1370. The summed E-state index contributed by atoms with van der Waals surface area (Å²) >= 11 is 0. The van der Waals surface area contributed by atoms with Crippen molar-refractivity contribution >= 4 is 28.2 Å². The molecule has 1 aliphatic heterocycles. The molecular formula is C29H28N2O4. The van der Waals surface area contributed by atoms with E-state index in [1.54, 1.807) is 6.20 Å². The molecule has 3 aliphatic carbocycles. The van der Waals surface area contributed by atoms with Crippen LogP contribution in [-0.4, -0.2) is 35.1 Å². The molecule has 6 nitrogen and oxygen atoms in total.